The molecule has 0 aromatic heterocycles. The summed E-state index contributed by atoms with van der Waals surface area (Å²) in [6.07, 6.45) is 1.02. The van der Waals surface area contributed by atoms with Gasteiger partial charge in [0.1, 0.15) is 5.60 Å². The number of rotatable bonds is 7. The lowest BCUT2D eigenvalue weighted by Crippen LogP contribution is -2.38. The second-order valence-corrected chi connectivity index (χ2v) is 9.43. The van der Waals surface area contributed by atoms with Gasteiger partial charge in [0.25, 0.3) is 0 Å². The van der Waals surface area contributed by atoms with Crippen molar-refractivity contribution in [3.63, 3.8) is 0 Å². The molecule has 1 N–H and O–H groups in total. The molecule has 0 saturated heterocycles. The molecule has 1 amide bonds. The lowest BCUT2D eigenvalue weighted by atomic mass is 10.1. The van der Waals surface area contributed by atoms with Gasteiger partial charge in [-0.25, -0.2) is 13.2 Å². The van der Waals surface area contributed by atoms with Crippen LogP contribution in [0.2, 0.25) is 0 Å². The van der Waals surface area contributed by atoms with Crippen LogP contribution in [0.25, 0.3) is 0 Å². The third-order valence-corrected chi connectivity index (χ3v) is 5.47. The smallest absolute Gasteiger partial charge is 0.408 e. The summed E-state index contributed by atoms with van der Waals surface area (Å²) in [5.74, 6) is 0. The van der Waals surface area contributed by atoms with Crippen LogP contribution in [0.3, 0.4) is 0 Å². The largest absolute Gasteiger partial charge is 0.444 e. The molecule has 156 valence electrons. The molecule has 0 aliphatic carbocycles. The Balaban J connectivity index is 2.22. The van der Waals surface area contributed by atoms with Gasteiger partial charge in [0.15, 0.2) is 0 Å². The fraction of sp³-hybridized carbons (Fsp3) is 0.318. The van der Waals surface area contributed by atoms with Crippen molar-refractivity contribution < 1.29 is 22.3 Å². The minimum Gasteiger partial charge on any atom is -0.444 e. The normalized spacial score (nSPS) is 13.6. The van der Waals surface area contributed by atoms with Gasteiger partial charge < -0.3 is 10.1 Å². The highest BCUT2D eigenvalue weighted by atomic mass is 32.2. The Bertz CT molecular complexity index is 936. The molecule has 2 rings (SSSR count). The van der Waals surface area contributed by atoms with Crippen LogP contribution >= 0.6 is 0 Å². The topological polar surface area (TPSA) is 72.5 Å². The molecule has 0 aliphatic heterocycles. The SMILES string of the molecule is CC(C)(C)OC(=O)N[C@H](C=C(F)S(=O)(=O)c1ccccc1)CCc1ccccc1. The van der Waals surface area contributed by atoms with Gasteiger partial charge in [-0.3, -0.25) is 0 Å². The quantitative estimate of drug-likeness (QED) is 0.700. The maximum absolute atomic E-state index is 14.7. The standard InChI is InChI=1S/C22H26FNO4S/c1-22(2,3)28-21(25)24-18(15-14-17-10-6-4-7-11-17)16-20(23)29(26,27)19-12-8-5-9-13-19/h4-13,16,18H,14-15H2,1-3H3,(H,24,25)/t18-/m0/s1. The molecule has 7 heteroatoms. The summed E-state index contributed by atoms with van der Waals surface area (Å²) in [4.78, 5) is 12.0. The molecule has 0 spiro atoms. The highest BCUT2D eigenvalue weighted by Gasteiger charge is 2.24. The number of sulfone groups is 1. The minimum atomic E-state index is -4.29. The maximum atomic E-state index is 14.7. The first kappa shape index (κ1) is 22.6. The third-order valence-electron chi connectivity index (χ3n) is 3.93. The van der Waals surface area contributed by atoms with Crippen LogP contribution in [0.15, 0.2) is 76.8 Å². The summed E-state index contributed by atoms with van der Waals surface area (Å²) >= 11 is 0. The highest BCUT2D eigenvalue weighted by Crippen LogP contribution is 2.21. The van der Waals surface area contributed by atoms with Gasteiger partial charge in [0.2, 0.25) is 15.0 Å². The predicted octanol–water partition coefficient (Wildman–Crippen LogP) is 4.80. The average molecular weight is 420 g/mol. The van der Waals surface area contributed by atoms with Gasteiger partial charge in [0.05, 0.1) is 10.9 Å². The van der Waals surface area contributed by atoms with E-state index in [0.717, 1.165) is 11.6 Å². The molecule has 0 saturated carbocycles. The molecule has 1 atom stereocenters. The van der Waals surface area contributed by atoms with Crippen molar-refractivity contribution in [1.29, 1.82) is 0 Å². The van der Waals surface area contributed by atoms with Crippen LogP contribution in [0.4, 0.5) is 9.18 Å². The van der Waals surface area contributed by atoms with E-state index in [1.807, 2.05) is 30.3 Å². The van der Waals surface area contributed by atoms with E-state index in [9.17, 15) is 17.6 Å². The Morgan fingerprint density at radius 1 is 1.07 bits per heavy atom. The number of aryl methyl sites for hydroxylation is 1. The van der Waals surface area contributed by atoms with Gasteiger partial charge in [-0.2, -0.15) is 4.39 Å². The van der Waals surface area contributed by atoms with Crippen molar-refractivity contribution in [1.82, 2.24) is 5.32 Å². The van der Waals surface area contributed by atoms with Crippen LogP contribution in [-0.2, 0) is 21.0 Å². The van der Waals surface area contributed by atoms with E-state index in [2.05, 4.69) is 5.32 Å². The number of carbonyl (C=O) groups excluding carboxylic acids is 1. The molecule has 5 nitrogen and oxygen atoms in total. The maximum Gasteiger partial charge on any atom is 0.408 e. The van der Waals surface area contributed by atoms with E-state index in [1.54, 1.807) is 26.8 Å². The van der Waals surface area contributed by atoms with Crippen molar-refractivity contribution in [2.45, 2.75) is 50.2 Å². The number of benzene rings is 2. The summed E-state index contributed by atoms with van der Waals surface area (Å²) in [5.41, 5.74) is 0.259. The van der Waals surface area contributed by atoms with Gasteiger partial charge in [-0.15, -0.1) is 0 Å². The number of alkyl carbamates (subject to hydrolysis) is 1. The number of carbonyl (C=O) groups is 1. The molecular formula is C22H26FNO4S. The van der Waals surface area contributed by atoms with Crippen LogP contribution in [0.5, 0.6) is 0 Å². The van der Waals surface area contributed by atoms with Crippen LogP contribution in [0, 0.1) is 0 Å². The second-order valence-electron chi connectivity index (χ2n) is 7.56. The van der Waals surface area contributed by atoms with Gasteiger partial charge >= 0.3 is 6.09 Å². The number of hydrogen-bond donors (Lipinski definition) is 1. The lowest BCUT2D eigenvalue weighted by Gasteiger charge is -2.22. The van der Waals surface area contributed by atoms with E-state index in [1.165, 1.54) is 24.3 Å². The first-order valence-corrected chi connectivity index (χ1v) is 10.8. The van der Waals surface area contributed by atoms with Gasteiger partial charge in [-0.05, 0) is 57.4 Å². The Kier molecular flexibility index (Phi) is 7.56. The summed E-state index contributed by atoms with van der Waals surface area (Å²) in [6, 6.07) is 15.9. The van der Waals surface area contributed by atoms with Crippen LogP contribution in [-0.4, -0.2) is 26.2 Å². The fourth-order valence-electron chi connectivity index (χ4n) is 2.58. The third kappa shape index (κ3) is 7.34. The molecule has 29 heavy (non-hydrogen) atoms. The van der Waals surface area contributed by atoms with E-state index in [4.69, 9.17) is 4.74 Å². The number of amides is 1. The van der Waals surface area contributed by atoms with E-state index < -0.39 is 32.7 Å². The molecular weight excluding hydrogens is 393 g/mol. The first-order valence-electron chi connectivity index (χ1n) is 9.29. The number of hydrogen-bond acceptors (Lipinski definition) is 4. The summed E-state index contributed by atoms with van der Waals surface area (Å²) in [5, 5.41) is 1.25. The second kappa shape index (κ2) is 9.69. The van der Waals surface area contributed by atoms with E-state index >= 15 is 0 Å². The zero-order chi connectivity index (χ0) is 21.5. The Morgan fingerprint density at radius 2 is 1.62 bits per heavy atom. The van der Waals surface area contributed by atoms with E-state index in [-0.39, 0.29) is 4.90 Å². The van der Waals surface area contributed by atoms with E-state index in [0.29, 0.717) is 12.8 Å². The van der Waals surface area contributed by atoms with Crippen molar-refractivity contribution in [2.24, 2.45) is 0 Å². The van der Waals surface area contributed by atoms with Gasteiger partial charge in [-0.1, -0.05) is 48.5 Å². The van der Waals surface area contributed by atoms with Crippen molar-refractivity contribution in [3.05, 3.63) is 77.5 Å². The average Bonchev–Trinajstić information content (AvgIpc) is 2.66. The van der Waals surface area contributed by atoms with Crippen LogP contribution in [0.1, 0.15) is 32.8 Å². The van der Waals surface area contributed by atoms with Gasteiger partial charge in [0, 0.05) is 0 Å². The monoisotopic (exact) mass is 419 g/mol. The first-order chi connectivity index (χ1) is 13.6. The Hall–Kier alpha value is -2.67. The highest BCUT2D eigenvalue weighted by molar-refractivity contribution is 7.95. The van der Waals surface area contributed by atoms with Crippen molar-refractivity contribution in [2.75, 3.05) is 0 Å². The zero-order valence-corrected chi connectivity index (χ0v) is 17.6. The molecule has 2 aromatic carbocycles. The molecule has 0 heterocycles. The fourth-order valence-corrected chi connectivity index (χ4v) is 3.67. The molecule has 0 aliphatic rings. The summed E-state index contributed by atoms with van der Waals surface area (Å²) in [6.45, 7) is 5.13. The molecule has 0 fully saturated rings. The lowest BCUT2D eigenvalue weighted by molar-refractivity contribution is 0.0512. The summed E-state index contributed by atoms with van der Waals surface area (Å²) < 4.78 is 44.9. The number of nitrogens with one attached hydrogen (secondary N) is 1. The number of ether oxygens (including phenoxy) is 1. The molecule has 2 aromatic rings. The zero-order valence-electron chi connectivity index (χ0n) is 16.8. The summed E-state index contributed by atoms with van der Waals surface area (Å²) in [7, 11) is -4.29. The Morgan fingerprint density at radius 3 is 2.17 bits per heavy atom. The molecule has 0 bridgehead atoms. The number of halogens is 1. The van der Waals surface area contributed by atoms with Crippen molar-refractivity contribution in [3.8, 4) is 0 Å². The predicted molar refractivity (Wildman–Crippen MR) is 111 cm³/mol. The van der Waals surface area contributed by atoms with Crippen LogP contribution < -0.4 is 5.32 Å². The minimum absolute atomic E-state index is 0.146. The molecule has 0 radical (unpaired) electrons. The van der Waals surface area contributed by atoms with Crippen molar-refractivity contribution >= 4 is 15.9 Å². The Labute approximate surface area is 171 Å². The molecule has 0 unspecified atom stereocenters.